The average molecular weight is 434 g/mol. The van der Waals surface area contributed by atoms with E-state index in [9.17, 15) is 5.26 Å². The van der Waals surface area contributed by atoms with E-state index in [2.05, 4.69) is 54.1 Å². The third-order valence-electron chi connectivity index (χ3n) is 7.15. The van der Waals surface area contributed by atoms with Crippen LogP contribution < -0.4 is 4.74 Å². The molecule has 1 aliphatic rings. The molecule has 1 aromatic carbocycles. The van der Waals surface area contributed by atoms with E-state index in [1.807, 2.05) is 18.2 Å². The molecule has 1 fully saturated rings. The molecule has 4 nitrogen and oxygen atoms in total. The highest BCUT2D eigenvalue weighted by Gasteiger charge is 2.35. The maximum Gasteiger partial charge on any atom is 0.122 e. The molecule has 1 aliphatic heterocycles. The van der Waals surface area contributed by atoms with Crippen LogP contribution in [0.4, 0.5) is 0 Å². The number of nitriles is 1. The zero-order valence-corrected chi connectivity index (χ0v) is 19.9. The van der Waals surface area contributed by atoms with Crippen molar-refractivity contribution in [3.8, 4) is 11.8 Å². The molecule has 0 bridgehead atoms. The van der Waals surface area contributed by atoms with Crippen molar-refractivity contribution in [3.63, 3.8) is 0 Å². The van der Waals surface area contributed by atoms with Crippen LogP contribution in [-0.2, 0) is 5.41 Å². The fourth-order valence-corrected chi connectivity index (χ4v) is 4.99. The van der Waals surface area contributed by atoms with Gasteiger partial charge in [-0.3, -0.25) is 4.98 Å². The van der Waals surface area contributed by atoms with Crippen molar-refractivity contribution in [3.05, 3.63) is 60.4 Å². The Kier molecular flexibility index (Phi) is 9.56. The van der Waals surface area contributed by atoms with E-state index in [-0.39, 0.29) is 5.41 Å². The fraction of sp³-hybridized carbons (Fsp3) is 0.571. The van der Waals surface area contributed by atoms with Gasteiger partial charge in [-0.05, 0) is 87.7 Å². The summed E-state index contributed by atoms with van der Waals surface area (Å²) in [6.07, 6.45) is 11.8. The minimum Gasteiger partial charge on any atom is -0.493 e. The number of ether oxygens (including phenoxy) is 1. The molecule has 32 heavy (non-hydrogen) atoms. The molecule has 1 atom stereocenters. The first-order chi connectivity index (χ1) is 15.6. The first-order valence-electron chi connectivity index (χ1n) is 12.4. The summed E-state index contributed by atoms with van der Waals surface area (Å²) in [6, 6.07) is 16.9. The van der Waals surface area contributed by atoms with Crippen molar-refractivity contribution in [2.75, 3.05) is 26.2 Å². The number of unbranched alkanes of at least 4 members (excludes halogenated alkanes) is 1. The Balaban J connectivity index is 1.33. The number of pyridine rings is 1. The van der Waals surface area contributed by atoms with Gasteiger partial charge in [-0.1, -0.05) is 50.6 Å². The Morgan fingerprint density at radius 2 is 1.78 bits per heavy atom. The SMILES string of the molecule is CC(C)C(C#N)(CCCN1CCC(CCCCOc2ccncc2)CC1)c1ccccc1. The second kappa shape index (κ2) is 12.6. The molecule has 172 valence electrons. The molecule has 4 heteroatoms. The lowest BCUT2D eigenvalue weighted by atomic mass is 9.70. The predicted molar refractivity (Wildman–Crippen MR) is 131 cm³/mol. The molecule has 0 aliphatic carbocycles. The quantitative estimate of drug-likeness (QED) is 0.372. The van der Waals surface area contributed by atoms with Crippen molar-refractivity contribution >= 4 is 0 Å². The molecule has 0 N–H and O–H groups in total. The lowest BCUT2D eigenvalue weighted by molar-refractivity contribution is 0.168. The molecular weight excluding hydrogens is 394 g/mol. The normalized spacial score (nSPS) is 17.1. The Morgan fingerprint density at radius 3 is 2.44 bits per heavy atom. The van der Waals surface area contributed by atoms with Gasteiger partial charge in [0.1, 0.15) is 5.75 Å². The largest absolute Gasteiger partial charge is 0.493 e. The van der Waals surface area contributed by atoms with Gasteiger partial charge in [0.15, 0.2) is 0 Å². The van der Waals surface area contributed by atoms with E-state index in [1.165, 1.54) is 44.3 Å². The number of piperidine rings is 1. The zero-order valence-electron chi connectivity index (χ0n) is 19.9. The summed E-state index contributed by atoms with van der Waals surface area (Å²) in [6.45, 7) is 8.67. The third-order valence-corrected chi connectivity index (χ3v) is 7.15. The summed E-state index contributed by atoms with van der Waals surface area (Å²) < 4.78 is 5.77. The first-order valence-corrected chi connectivity index (χ1v) is 12.4. The van der Waals surface area contributed by atoms with Crippen LogP contribution in [-0.4, -0.2) is 36.1 Å². The van der Waals surface area contributed by atoms with Gasteiger partial charge in [0.05, 0.1) is 18.1 Å². The van der Waals surface area contributed by atoms with E-state index in [4.69, 9.17) is 4.74 Å². The van der Waals surface area contributed by atoms with Crippen molar-refractivity contribution in [1.29, 1.82) is 5.26 Å². The monoisotopic (exact) mass is 433 g/mol. The molecule has 0 saturated carbocycles. The van der Waals surface area contributed by atoms with Gasteiger partial charge in [-0.15, -0.1) is 0 Å². The number of rotatable bonds is 12. The Bertz CT molecular complexity index is 810. The molecule has 0 radical (unpaired) electrons. The molecule has 2 heterocycles. The predicted octanol–water partition coefficient (Wildman–Crippen LogP) is 6.24. The highest BCUT2D eigenvalue weighted by molar-refractivity contribution is 5.33. The van der Waals surface area contributed by atoms with Crippen molar-refractivity contribution < 1.29 is 4.74 Å². The Labute approximate surface area is 194 Å². The van der Waals surface area contributed by atoms with Gasteiger partial charge in [-0.25, -0.2) is 0 Å². The van der Waals surface area contributed by atoms with Crippen LogP contribution in [0.15, 0.2) is 54.9 Å². The second-order valence-electron chi connectivity index (χ2n) is 9.52. The number of aromatic nitrogens is 1. The number of benzene rings is 1. The zero-order chi connectivity index (χ0) is 22.7. The van der Waals surface area contributed by atoms with Crippen molar-refractivity contribution in [2.45, 2.75) is 64.2 Å². The van der Waals surface area contributed by atoms with Gasteiger partial charge >= 0.3 is 0 Å². The summed E-state index contributed by atoms with van der Waals surface area (Å²) in [5.41, 5.74) is 0.793. The standard InChI is InChI=1S/C28H39N3O/c1-24(2)28(23-29,26-10-4-3-5-11-26)16-8-19-31-20-14-25(15-21-31)9-6-7-22-32-27-12-17-30-18-13-27/h3-5,10-13,17-18,24-25H,6-9,14-16,19-22H2,1-2H3. The molecule has 1 unspecified atom stereocenters. The maximum atomic E-state index is 10.1. The smallest absolute Gasteiger partial charge is 0.122 e. The molecule has 0 spiro atoms. The maximum absolute atomic E-state index is 10.1. The molecule has 0 amide bonds. The van der Waals surface area contributed by atoms with E-state index >= 15 is 0 Å². The van der Waals surface area contributed by atoms with Gasteiger partial charge in [0, 0.05) is 12.4 Å². The van der Waals surface area contributed by atoms with Crippen LogP contribution in [0.5, 0.6) is 5.75 Å². The van der Waals surface area contributed by atoms with Crippen LogP contribution in [0, 0.1) is 23.2 Å². The lowest BCUT2D eigenvalue weighted by Gasteiger charge is -2.35. The molecular formula is C28H39N3O. The van der Waals surface area contributed by atoms with Gasteiger partial charge in [0.2, 0.25) is 0 Å². The fourth-order valence-electron chi connectivity index (χ4n) is 4.99. The number of likely N-dealkylation sites (tertiary alicyclic amines) is 1. The van der Waals surface area contributed by atoms with Gasteiger partial charge < -0.3 is 9.64 Å². The molecule has 2 aromatic rings. The van der Waals surface area contributed by atoms with Crippen molar-refractivity contribution in [1.82, 2.24) is 9.88 Å². The minimum absolute atomic E-state index is 0.308. The van der Waals surface area contributed by atoms with E-state index in [1.54, 1.807) is 12.4 Å². The van der Waals surface area contributed by atoms with Crippen LogP contribution >= 0.6 is 0 Å². The van der Waals surface area contributed by atoms with Crippen LogP contribution in [0.25, 0.3) is 0 Å². The highest BCUT2D eigenvalue weighted by Crippen LogP contribution is 2.36. The van der Waals surface area contributed by atoms with Crippen molar-refractivity contribution in [2.24, 2.45) is 11.8 Å². The molecule has 3 rings (SSSR count). The summed E-state index contributed by atoms with van der Waals surface area (Å²) in [4.78, 5) is 6.62. The summed E-state index contributed by atoms with van der Waals surface area (Å²) in [7, 11) is 0. The highest BCUT2D eigenvalue weighted by atomic mass is 16.5. The number of nitrogens with zero attached hydrogens (tertiary/aromatic N) is 3. The summed E-state index contributed by atoms with van der Waals surface area (Å²) >= 11 is 0. The summed E-state index contributed by atoms with van der Waals surface area (Å²) in [5, 5.41) is 10.1. The number of hydrogen-bond acceptors (Lipinski definition) is 4. The number of hydrogen-bond donors (Lipinski definition) is 0. The minimum atomic E-state index is -0.377. The van der Waals surface area contributed by atoms with E-state index < -0.39 is 0 Å². The lowest BCUT2D eigenvalue weighted by Crippen LogP contribution is -2.36. The average Bonchev–Trinajstić information content (AvgIpc) is 2.84. The third kappa shape index (κ3) is 6.81. The van der Waals surface area contributed by atoms with Gasteiger partial charge in [0.25, 0.3) is 0 Å². The Morgan fingerprint density at radius 1 is 1.06 bits per heavy atom. The van der Waals surface area contributed by atoms with E-state index in [0.29, 0.717) is 5.92 Å². The van der Waals surface area contributed by atoms with Crippen LogP contribution in [0.3, 0.4) is 0 Å². The molecule has 1 aromatic heterocycles. The Hall–Kier alpha value is -2.38. The van der Waals surface area contributed by atoms with Crippen LogP contribution in [0.2, 0.25) is 0 Å². The van der Waals surface area contributed by atoms with Gasteiger partial charge in [-0.2, -0.15) is 5.26 Å². The topological polar surface area (TPSA) is 49.2 Å². The van der Waals surface area contributed by atoms with E-state index in [0.717, 1.165) is 44.1 Å². The first kappa shape index (κ1) is 24.3. The second-order valence-corrected chi connectivity index (χ2v) is 9.52. The van der Waals surface area contributed by atoms with Crippen LogP contribution in [0.1, 0.15) is 64.4 Å². The summed E-state index contributed by atoms with van der Waals surface area (Å²) in [5.74, 6) is 2.08. The molecule has 1 saturated heterocycles.